The average molecular weight is 517 g/mol. The number of allylic oxidation sites excluding steroid dienone is 1. The van der Waals surface area contributed by atoms with Crippen LogP contribution in [-0.4, -0.2) is 71.6 Å². The van der Waals surface area contributed by atoms with Crippen LogP contribution in [-0.2, 0) is 23.7 Å². The van der Waals surface area contributed by atoms with Crippen molar-refractivity contribution < 1.29 is 34.0 Å². The number of aliphatic hydroxyl groups excluding tert-OH is 2. The van der Waals surface area contributed by atoms with Crippen molar-refractivity contribution in [3.63, 3.8) is 0 Å². The van der Waals surface area contributed by atoms with Gasteiger partial charge in [-0.1, -0.05) is 55.0 Å². The van der Waals surface area contributed by atoms with Gasteiger partial charge in [-0.15, -0.1) is 0 Å². The molecule has 0 amide bonds. The molecule has 4 aliphatic rings. The molecule has 0 aromatic rings. The first-order valence-electron chi connectivity index (χ1n) is 13.9. The highest BCUT2D eigenvalue weighted by atomic mass is 16.6. The van der Waals surface area contributed by atoms with Gasteiger partial charge < -0.3 is 29.2 Å². The summed E-state index contributed by atoms with van der Waals surface area (Å²) in [7, 11) is 0. The Balaban J connectivity index is 1.41. The van der Waals surface area contributed by atoms with Crippen molar-refractivity contribution in [1.82, 2.24) is 0 Å². The fraction of sp³-hybridized carbons (Fsp3) is 0.700. The van der Waals surface area contributed by atoms with Crippen molar-refractivity contribution in [3.05, 3.63) is 48.1 Å². The van der Waals surface area contributed by atoms with Crippen LogP contribution in [0.3, 0.4) is 0 Å². The van der Waals surface area contributed by atoms with E-state index in [1.54, 1.807) is 6.08 Å². The van der Waals surface area contributed by atoms with Crippen LogP contribution < -0.4 is 0 Å². The van der Waals surface area contributed by atoms with E-state index in [9.17, 15) is 15.0 Å². The van der Waals surface area contributed by atoms with Gasteiger partial charge >= 0.3 is 5.97 Å². The lowest BCUT2D eigenvalue weighted by molar-refractivity contribution is -0.156. The number of carbonyl (C=O) groups is 1. The molecule has 2 bridgehead atoms. The predicted molar refractivity (Wildman–Crippen MR) is 141 cm³/mol. The molecule has 1 unspecified atom stereocenters. The monoisotopic (exact) mass is 516 g/mol. The lowest BCUT2D eigenvalue weighted by Crippen LogP contribution is -2.34. The molecule has 4 rings (SSSR count). The summed E-state index contributed by atoms with van der Waals surface area (Å²) in [4.78, 5) is 12.8. The SMILES string of the molecule is C=C1CC[C@@H]2O[C@H]2C[C@@H]([C@@H](O)/C=C/[C@@H]2CC(C)=CCO2)OC(=O)CC(O)C[C@@H]2C=CC[C@@H](C[C@@H](C)C1)O2. The Bertz CT molecular complexity index is 877. The van der Waals surface area contributed by atoms with Gasteiger partial charge in [0.25, 0.3) is 0 Å². The number of cyclic esters (lactones) is 1. The van der Waals surface area contributed by atoms with Crippen molar-refractivity contribution in [2.45, 2.75) is 120 Å². The number of esters is 1. The van der Waals surface area contributed by atoms with E-state index in [4.69, 9.17) is 18.9 Å². The molecular weight excluding hydrogens is 472 g/mol. The van der Waals surface area contributed by atoms with E-state index < -0.39 is 24.3 Å². The maximum Gasteiger partial charge on any atom is 0.308 e. The molecule has 0 aromatic heterocycles. The topological polar surface area (TPSA) is 97.8 Å². The average Bonchev–Trinajstić information content (AvgIpc) is 3.58. The molecule has 0 spiro atoms. The summed E-state index contributed by atoms with van der Waals surface area (Å²) in [6, 6.07) is 0. The van der Waals surface area contributed by atoms with Gasteiger partial charge in [-0.2, -0.15) is 0 Å². The van der Waals surface area contributed by atoms with Gasteiger partial charge in [0.1, 0.15) is 12.2 Å². The van der Waals surface area contributed by atoms with Crippen molar-refractivity contribution in [1.29, 1.82) is 0 Å². The summed E-state index contributed by atoms with van der Waals surface area (Å²) in [5.41, 5.74) is 2.46. The van der Waals surface area contributed by atoms with Crippen LogP contribution in [0.1, 0.15) is 71.6 Å². The third-order valence-corrected chi connectivity index (χ3v) is 7.71. The van der Waals surface area contributed by atoms with Gasteiger partial charge in [-0.25, -0.2) is 0 Å². The highest BCUT2D eigenvalue weighted by molar-refractivity contribution is 5.70. The predicted octanol–water partition coefficient (Wildman–Crippen LogP) is 4.33. The highest BCUT2D eigenvalue weighted by Gasteiger charge is 2.42. The van der Waals surface area contributed by atoms with Crippen LogP contribution in [0.25, 0.3) is 0 Å². The summed E-state index contributed by atoms with van der Waals surface area (Å²) < 4.78 is 23.5. The number of aliphatic hydroxyl groups is 2. The smallest absolute Gasteiger partial charge is 0.308 e. The molecule has 0 saturated carbocycles. The molecule has 0 aromatic carbocycles. The van der Waals surface area contributed by atoms with Crippen LogP contribution >= 0.6 is 0 Å². The Morgan fingerprint density at radius 2 is 1.97 bits per heavy atom. The zero-order valence-corrected chi connectivity index (χ0v) is 22.3. The zero-order chi connectivity index (χ0) is 26.4. The van der Waals surface area contributed by atoms with E-state index >= 15 is 0 Å². The molecule has 2 N–H and O–H groups in total. The summed E-state index contributed by atoms with van der Waals surface area (Å²) in [5, 5.41) is 21.5. The molecular formula is C30H44O7. The third-order valence-electron chi connectivity index (χ3n) is 7.71. The molecule has 0 aliphatic carbocycles. The first kappa shape index (κ1) is 28.2. The van der Waals surface area contributed by atoms with Gasteiger partial charge in [-0.3, -0.25) is 4.79 Å². The highest BCUT2D eigenvalue weighted by Crippen LogP contribution is 2.34. The molecule has 4 heterocycles. The maximum atomic E-state index is 12.8. The van der Waals surface area contributed by atoms with Crippen molar-refractivity contribution in [2.24, 2.45) is 5.92 Å². The molecule has 4 aliphatic heterocycles. The number of fused-ring (bicyclic) bond motifs is 3. The number of hydrogen-bond acceptors (Lipinski definition) is 7. The lowest BCUT2D eigenvalue weighted by atomic mass is 9.91. The lowest BCUT2D eigenvalue weighted by Gasteiger charge is -2.29. The van der Waals surface area contributed by atoms with Crippen molar-refractivity contribution >= 4 is 5.97 Å². The molecule has 37 heavy (non-hydrogen) atoms. The van der Waals surface area contributed by atoms with Gasteiger partial charge in [0.05, 0.1) is 49.7 Å². The molecule has 7 nitrogen and oxygen atoms in total. The molecule has 7 heteroatoms. The molecule has 0 radical (unpaired) electrons. The number of hydrogen-bond donors (Lipinski definition) is 2. The second-order valence-electron chi connectivity index (χ2n) is 11.4. The normalized spacial score (nSPS) is 39.2. The summed E-state index contributed by atoms with van der Waals surface area (Å²) >= 11 is 0. The van der Waals surface area contributed by atoms with Crippen LogP contribution in [0.15, 0.2) is 48.1 Å². The van der Waals surface area contributed by atoms with Gasteiger partial charge in [0, 0.05) is 12.8 Å². The standard InChI is InChI=1S/C30H44O7/c1-19-7-10-27-29(36-27)18-28(26(32)9-8-23-14-20(2)11-12-34-23)37-30(33)17-22(31)16-25-6-4-5-24(35-25)15-21(3)13-19/h4,6,8-9,11,21-29,31-32H,1,5,7,10,12-18H2,2-3H3/b9-8+/t21-,22?,23+,24-,25-,26-,27-,28-,29-/m0/s1. The number of carbonyl (C=O) groups excluding carboxylic acids is 1. The number of ether oxygens (including phenoxy) is 4. The van der Waals surface area contributed by atoms with E-state index in [0.717, 1.165) is 38.5 Å². The van der Waals surface area contributed by atoms with Gasteiger partial charge in [0.2, 0.25) is 0 Å². The Kier molecular flexibility index (Phi) is 10.2. The Morgan fingerprint density at radius 3 is 2.78 bits per heavy atom. The van der Waals surface area contributed by atoms with Gasteiger partial charge in [-0.05, 0) is 51.4 Å². The maximum absolute atomic E-state index is 12.8. The Hall–Kier alpha value is -1.77. The second-order valence-corrected chi connectivity index (χ2v) is 11.4. The van der Waals surface area contributed by atoms with E-state index in [1.165, 1.54) is 11.1 Å². The summed E-state index contributed by atoms with van der Waals surface area (Å²) in [6.07, 6.45) is 12.6. The number of rotatable bonds is 3. The van der Waals surface area contributed by atoms with E-state index in [0.29, 0.717) is 25.4 Å². The van der Waals surface area contributed by atoms with Crippen LogP contribution in [0, 0.1) is 5.92 Å². The third kappa shape index (κ3) is 9.18. The van der Waals surface area contributed by atoms with Gasteiger partial charge in [0.15, 0.2) is 0 Å². The Labute approximate surface area is 221 Å². The largest absolute Gasteiger partial charge is 0.459 e. The summed E-state index contributed by atoms with van der Waals surface area (Å²) in [6.45, 7) is 9.13. The first-order valence-corrected chi connectivity index (χ1v) is 13.9. The quantitative estimate of drug-likeness (QED) is 0.327. The number of epoxide rings is 1. The molecule has 206 valence electrons. The van der Waals surface area contributed by atoms with Crippen molar-refractivity contribution in [2.75, 3.05) is 6.61 Å². The second kappa shape index (κ2) is 13.3. The minimum atomic E-state index is -0.993. The van der Waals surface area contributed by atoms with E-state index in [2.05, 4.69) is 26.5 Å². The van der Waals surface area contributed by atoms with Crippen molar-refractivity contribution in [3.8, 4) is 0 Å². The zero-order valence-electron chi connectivity index (χ0n) is 22.3. The molecule has 2 fully saturated rings. The van der Waals surface area contributed by atoms with Crippen LogP contribution in [0.2, 0.25) is 0 Å². The van der Waals surface area contributed by atoms with Crippen LogP contribution in [0.4, 0.5) is 0 Å². The van der Waals surface area contributed by atoms with E-state index in [-0.39, 0.29) is 36.9 Å². The summed E-state index contributed by atoms with van der Waals surface area (Å²) in [5.74, 6) is -0.0765. The molecule has 9 atom stereocenters. The van der Waals surface area contributed by atoms with Crippen LogP contribution in [0.5, 0.6) is 0 Å². The fourth-order valence-electron chi connectivity index (χ4n) is 5.64. The fourth-order valence-corrected chi connectivity index (χ4v) is 5.64. The first-order chi connectivity index (χ1) is 17.7. The Morgan fingerprint density at radius 1 is 1.14 bits per heavy atom. The minimum absolute atomic E-state index is 0.0658. The molecule has 2 saturated heterocycles. The van der Waals surface area contributed by atoms with E-state index in [1.807, 2.05) is 18.2 Å². The minimum Gasteiger partial charge on any atom is -0.459 e.